The van der Waals surface area contributed by atoms with Crippen molar-refractivity contribution in [3.8, 4) is 79.9 Å². The van der Waals surface area contributed by atoms with Gasteiger partial charge in [-0.2, -0.15) is 10.5 Å². The van der Waals surface area contributed by atoms with Crippen LogP contribution in [0.25, 0.3) is 126 Å². The lowest BCUT2D eigenvalue weighted by atomic mass is 9.95. The fraction of sp³-hybridized carbons (Fsp3) is 0. The van der Waals surface area contributed by atoms with Gasteiger partial charge >= 0.3 is 0 Å². The van der Waals surface area contributed by atoms with Crippen molar-refractivity contribution in [2.24, 2.45) is 0 Å². The molecule has 0 amide bonds. The maximum absolute atomic E-state index is 10.1. The highest BCUT2D eigenvalue weighted by atomic mass is 15.0. The Hall–Kier alpha value is -11.0. The van der Waals surface area contributed by atoms with Crippen LogP contribution in [0.4, 0.5) is 17.1 Å². The molecule has 3 heterocycles. The van der Waals surface area contributed by atoms with Crippen molar-refractivity contribution in [1.82, 2.24) is 24.1 Å². The Morgan fingerprint density at radius 3 is 1.28 bits per heavy atom. The summed E-state index contributed by atoms with van der Waals surface area (Å²) in [7, 11) is 0. The minimum absolute atomic E-state index is 0.462. The van der Waals surface area contributed by atoms with Gasteiger partial charge in [-0.15, -0.1) is 0 Å². The van der Waals surface area contributed by atoms with Crippen molar-refractivity contribution < 1.29 is 0 Å². The largest absolute Gasteiger partial charge is 0.309 e. The molecule has 0 aliphatic rings. The van der Waals surface area contributed by atoms with Gasteiger partial charge in [-0.05, 0) is 107 Å². The van der Waals surface area contributed by atoms with Crippen LogP contribution >= 0.6 is 0 Å². The van der Waals surface area contributed by atoms with Gasteiger partial charge in [0.15, 0.2) is 34.5 Å². The third-order valence-electron chi connectivity index (χ3n) is 13.1. The third-order valence-corrected chi connectivity index (χ3v) is 13.1. The molecule has 0 radical (unpaired) electrons. The Labute approximate surface area is 412 Å². The summed E-state index contributed by atoms with van der Waals surface area (Å²) < 4.78 is 4.38. The van der Waals surface area contributed by atoms with Gasteiger partial charge in [-0.1, -0.05) is 109 Å². The molecule has 330 valence electrons. The van der Waals surface area contributed by atoms with E-state index in [0.29, 0.717) is 45.7 Å². The number of benzene rings is 9. The molecule has 0 spiro atoms. The molecule has 0 aliphatic heterocycles. The molecule has 0 unspecified atom stereocenters. The molecule has 10 heteroatoms. The number of nitriles is 2. The molecule has 0 fully saturated rings. The number of hydrogen-bond acceptors (Lipinski definition) is 5. The first-order chi connectivity index (χ1) is 35.4. The van der Waals surface area contributed by atoms with Crippen LogP contribution in [0.1, 0.15) is 11.1 Å². The highest BCUT2D eigenvalue weighted by Crippen LogP contribution is 2.45. The number of fused-ring (bicyclic) bond motifs is 6. The van der Waals surface area contributed by atoms with Gasteiger partial charge in [-0.25, -0.2) is 29.5 Å². The van der Waals surface area contributed by atoms with E-state index in [2.05, 4.69) is 66.1 Å². The van der Waals surface area contributed by atoms with Crippen LogP contribution < -0.4 is 0 Å². The summed E-state index contributed by atoms with van der Waals surface area (Å²) in [6.07, 6.45) is 0. The van der Waals surface area contributed by atoms with E-state index in [1.54, 1.807) is 0 Å². The van der Waals surface area contributed by atoms with Gasteiger partial charge in [0.25, 0.3) is 0 Å². The summed E-state index contributed by atoms with van der Waals surface area (Å²) in [6.45, 7) is 23.5. The second kappa shape index (κ2) is 17.3. The summed E-state index contributed by atoms with van der Waals surface area (Å²) in [5.74, 6) is 1.50. The molecule has 12 rings (SSSR count). The third kappa shape index (κ3) is 7.13. The van der Waals surface area contributed by atoms with Gasteiger partial charge in [0.1, 0.15) is 0 Å². The van der Waals surface area contributed by atoms with Crippen LogP contribution in [0.3, 0.4) is 0 Å². The van der Waals surface area contributed by atoms with Crippen LogP contribution in [0.15, 0.2) is 194 Å². The minimum atomic E-state index is 0.462. The van der Waals surface area contributed by atoms with Crippen LogP contribution in [0, 0.1) is 42.4 Å². The van der Waals surface area contributed by atoms with Gasteiger partial charge in [0, 0.05) is 38.6 Å². The van der Waals surface area contributed by atoms with Crippen LogP contribution in [0.5, 0.6) is 0 Å². The number of aromatic nitrogens is 5. The Kier molecular flexibility index (Phi) is 10.2. The van der Waals surface area contributed by atoms with Crippen molar-refractivity contribution in [1.29, 1.82) is 10.5 Å². The fourth-order valence-corrected chi connectivity index (χ4v) is 9.70. The highest BCUT2D eigenvalue weighted by Gasteiger charge is 2.24. The van der Waals surface area contributed by atoms with E-state index in [1.807, 2.05) is 164 Å². The summed E-state index contributed by atoms with van der Waals surface area (Å²) in [5, 5.41) is 23.5. The van der Waals surface area contributed by atoms with E-state index in [1.165, 1.54) is 0 Å². The van der Waals surface area contributed by atoms with Crippen LogP contribution in [-0.2, 0) is 0 Å². The minimum Gasteiger partial charge on any atom is -0.309 e. The quantitative estimate of drug-likeness (QED) is 0.148. The average Bonchev–Trinajstić information content (AvgIpc) is 3.95. The first-order valence-corrected chi connectivity index (χ1v) is 22.8. The Balaban J connectivity index is 1.21. The summed E-state index contributed by atoms with van der Waals surface area (Å²) in [5.41, 5.74) is 13.3. The predicted octanol–water partition coefficient (Wildman–Crippen LogP) is 15.8. The molecule has 3 aromatic heterocycles. The molecular weight excluding hydrogens is 885 g/mol. The molecule has 10 nitrogen and oxygen atoms in total. The maximum atomic E-state index is 10.1. The second-order valence-electron chi connectivity index (χ2n) is 17.1. The van der Waals surface area contributed by atoms with Crippen LogP contribution in [0.2, 0.25) is 0 Å². The van der Waals surface area contributed by atoms with Gasteiger partial charge in [0.2, 0.25) is 0 Å². The fourth-order valence-electron chi connectivity index (χ4n) is 9.70. The van der Waals surface area contributed by atoms with Gasteiger partial charge in [0.05, 0.1) is 76.4 Å². The van der Waals surface area contributed by atoms with E-state index in [9.17, 15) is 10.5 Å². The number of rotatable bonds is 7. The van der Waals surface area contributed by atoms with E-state index in [0.717, 1.165) is 93.9 Å². The molecular formula is C62H32N10. The van der Waals surface area contributed by atoms with Gasteiger partial charge < -0.3 is 9.13 Å². The first kappa shape index (κ1) is 42.4. The molecule has 12 aromatic rings. The molecule has 0 saturated heterocycles. The van der Waals surface area contributed by atoms with E-state index in [4.69, 9.17) is 34.7 Å². The number of hydrogen-bond donors (Lipinski definition) is 0. The zero-order valence-electron chi connectivity index (χ0n) is 37.9. The normalized spacial score (nSPS) is 11.0. The second-order valence-corrected chi connectivity index (χ2v) is 17.1. The SMILES string of the molecule is [C-]#[N+]c1ccc(-c2ccc(-c3cc(-c4nc(-c5ccccc5)nc(-c5ccccc5)n4)ccc3-n3c4ccc(C#N)cc4c4cc([N+]#[C-])ccc43)c(-n3c4ccc(C#N)cc4c4cc([N+]#[C-])ccc43)c2)cc1. The van der Waals surface area contributed by atoms with Crippen molar-refractivity contribution in [3.05, 3.63) is 240 Å². The standard InChI is InChI=1S/C62H32N10/c1-65-45-20-16-40(17-21-45)43-18-24-48(59(33-43)72-55-26-15-39(37-64)31-50(55)53-35-47(67-3)23-29-58(53)72)51-32-44(62-69-60(41-10-6-4-7-11-41)68-61(70-62)42-12-8-5-9-13-42)19-27-56(51)71-54-25-14-38(36-63)30-49(54)52-34-46(66-2)22-28-57(52)71/h4-35H. The summed E-state index contributed by atoms with van der Waals surface area (Å²) in [4.78, 5) is 26.5. The van der Waals surface area contributed by atoms with E-state index >= 15 is 0 Å². The molecule has 9 aromatic carbocycles. The Morgan fingerprint density at radius 1 is 0.347 bits per heavy atom. The van der Waals surface area contributed by atoms with Crippen molar-refractivity contribution in [2.45, 2.75) is 0 Å². The molecule has 0 saturated carbocycles. The molecule has 0 bridgehead atoms. The van der Waals surface area contributed by atoms with Crippen LogP contribution in [-0.4, -0.2) is 24.1 Å². The van der Waals surface area contributed by atoms with Crippen molar-refractivity contribution in [2.75, 3.05) is 0 Å². The Morgan fingerprint density at radius 2 is 0.778 bits per heavy atom. The van der Waals surface area contributed by atoms with Crippen molar-refractivity contribution in [3.63, 3.8) is 0 Å². The molecule has 0 atom stereocenters. The monoisotopic (exact) mass is 916 g/mol. The summed E-state index contributed by atoms with van der Waals surface area (Å²) in [6, 6.07) is 67.0. The lowest BCUT2D eigenvalue weighted by Gasteiger charge is -2.21. The summed E-state index contributed by atoms with van der Waals surface area (Å²) >= 11 is 0. The molecule has 0 N–H and O–H groups in total. The predicted molar refractivity (Wildman–Crippen MR) is 284 cm³/mol. The zero-order chi connectivity index (χ0) is 48.9. The molecule has 0 aliphatic carbocycles. The van der Waals surface area contributed by atoms with Gasteiger partial charge in [-0.3, -0.25) is 0 Å². The number of nitrogens with zero attached hydrogens (tertiary/aromatic N) is 10. The Bertz CT molecular complexity index is 4240. The first-order valence-electron chi connectivity index (χ1n) is 22.8. The smallest absolute Gasteiger partial charge is 0.188 e. The highest BCUT2D eigenvalue weighted by molar-refractivity contribution is 6.13. The molecule has 72 heavy (non-hydrogen) atoms. The van der Waals surface area contributed by atoms with E-state index in [-0.39, 0.29) is 0 Å². The van der Waals surface area contributed by atoms with Crippen molar-refractivity contribution >= 4 is 60.7 Å². The lowest BCUT2D eigenvalue weighted by Crippen LogP contribution is -2.04. The topological polar surface area (TPSA) is 109 Å². The average molecular weight is 917 g/mol. The van der Waals surface area contributed by atoms with E-state index < -0.39 is 0 Å². The lowest BCUT2D eigenvalue weighted by molar-refractivity contribution is 1.07. The zero-order valence-corrected chi connectivity index (χ0v) is 37.9. The maximum Gasteiger partial charge on any atom is 0.188 e.